The minimum absolute atomic E-state index is 0.00609. The summed E-state index contributed by atoms with van der Waals surface area (Å²) in [7, 11) is 1.54. The molecule has 0 heterocycles. The molecule has 0 bridgehead atoms. The van der Waals surface area contributed by atoms with E-state index in [1.165, 1.54) is 0 Å². The molecule has 1 amide bonds. The third kappa shape index (κ3) is 2.71. The number of aliphatic hydroxyl groups is 1. The highest BCUT2D eigenvalue weighted by Crippen LogP contribution is 2.40. The SMILES string of the molecule is COCC(CCO)NC(=O)C1(C#N)CCC1. The smallest absolute Gasteiger partial charge is 0.240 e. The number of ether oxygens (including phenoxy) is 1. The van der Waals surface area contributed by atoms with Crippen LogP contribution in [0.1, 0.15) is 25.7 Å². The van der Waals surface area contributed by atoms with E-state index in [1.54, 1.807) is 7.11 Å². The summed E-state index contributed by atoms with van der Waals surface area (Å²) < 4.78 is 4.95. The minimum atomic E-state index is -0.832. The third-order valence-electron chi connectivity index (χ3n) is 3.04. The molecule has 2 N–H and O–H groups in total. The van der Waals surface area contributed by atoms with Crippen molar-refractivity contribution >= 4 is 5.91 Å². The van der Waals surface area contributed by atoms with Gasteiger partial charge in [-0.1, -0.05) is 0 Å². The molecule has 5 nitrogen and oxygen atoms in total. The molecule has 90 valence electrons. The topological polar surface area (TPSA) is 82.3 Å². The van der Waals surface area contributed by atoms with E-state index < -0.39 is 5.41 Å². The summed E-state index contributed by atoms with van der Waals surface area (Å²) in [4.78, 5) is 11.9. The highest BCUT2D eigenvalue weighted by Gasteiger charge is 2.45. The molecule has 0 radical (unpaired) electrons. The lowest BCUT2D eigenvalue weighted by Gasteiger charge is -2.34. The van der Waals surface area contributed by atoms with Gasteiger partial charge >= 0.3 is 0 Å². The Hall–Kier alpha value is -1.12. The lowest BCUT2D eigenvalue weighted by atomic mass is 9.69. The number of nitrogens with one attached hydrogen (secondary N) is 1. The predicted octanol–water partition coefficient (Wildman–Crippen LogP) is 0.194. The Morgan fingerprint density at radius 1 is 1.69 bits per heavy atom. The van der Waals surface area contributed by atoms with Crippen LogP contribution in [0.25, 0.3) is 0 Å². The van der Waals surface area contributed by atoms with Crippen LogP contribution in [0, 0.1) is 16.7 Å². The largest absolute Gasteiger partial charge is 0.396 e. The molecule has 1 fully saturated rings. The molecule has 1 aliphatic rings. The number of hydrogen-bond acceptors (Lipinski definition) is 4. The van der Waals surface area contributed by atoms with E-state index in [-0.39, 0.29) is 18.6 Å². The summed E-state index contributed by atoms with van der Waals surface area (Å²) >= 11 is 0. The summed E-state index contributed by atoms with van der Waals surface area (Å²) in [5.41, 5.74) is -0.832. The predicted molar refractivity (Wildman–Crippen MR) is 57.4 cm³/mol. The van der Waals surface area contributed by atoms with Crippen molar-refractivity contribution < 1.29 is 14.6 Å². The Balaban J connectivity index is 2.51. The number of aliphatic hydroxyl groups excluding tert-OH is 1. The maximum absolute atomic E-state index is 11.9. The van der Waals surface area contributed by atoms with Gasteiger partial charge in [0.25, 0.3) is 0 Å². The van der Waals surface area contributed by atoms with Crippen LogP contribution in [0.15, 0.2) is 0 Å². The number of carbonyl (C=O) groups excluding carboxylic acids is 1. The maximum Gasteiger partial charge on any atom is 0.240 e. The van der Waals surface area contributed by atoms with Crippen LogP contribution in [0.2, 0.25) is 0 Å². The Kier molecular flexibility index (Phi) is 4.71. The second kappa shape index (κ2) is 5.83. The molecular weight excluding hydrogens is 208 g/mol. The highest BCUT2D eigenvalue weighted by atomic mass is 16.5. The van der Waals surface area contributed by atoms with Gasteiger partial charge in [0, 0.05) is 13.7 Å². The Morgan fingerprint density at radius 3 is 2.75 bits per heavy atom. The van der Waals surface area contributed by atoms with Crippen LogP contribution in [0.3, 0.4) is 0 Å². The third-order valence-corrected chi connectivity index (χ3v) is 3.04. The first-order chi connectivity index (χ1) is 7.68. The maximum atomic E-state index is 11.9. The summed E-state index contributed by atoms with van der Waals surface area (Å²) in [6.07, 6.45) is 2.64. The van der Waals surface area contributed by atoms with Crippen molar-refractivity contribution in [2.75, 3.05) is 20.3 Å². The van der Waals surface area contributed by atoms with E-state index in [2.05, 4.69) is 11.4 Å². The summed E-state index contributed by atoms with van der Waals surface area (Å²) in [5, 5.41) is 20.6. The van der Waals surface area contributed by atoms with Crippen LogP contribution >= 0.6 is 0 Å². The van der Waals surface area contributed by atoms with Crippen LogP contribution in [0.4, 0.5) is 0 Å². The van der Waals surface area contributed by atoms with E-state index in [1.807, 2.05) is 0 Å². The molecule has 5 heteroatoms. The zero-order valence-electron chi connectivity index (χ0n) is 9.53. The van der Waals surface area contributed by atoms with Crippen molar-refractivity contribution in [1.82, 2.24) is 5.32 Å². The van der Waals surface area contributed by atoms with Crippen LogP contribution in [-0.2, 0) is 9.53 Å². The number of nitriles is 1. The van der Waals surface area contributed by atoms with Gasteiger partial charge in [0.2, 0.25) is 5.91 Å². The van der Waals surface area contributed by atoms with E-state index in [4.69, 9.17) is 15.1 Å². The minimum Gasteiger partial charge on any atom is -0.396 e. The first kappa shape index (κ1) is 12.9. The van der Waals surface area contributed by atoms with Gasteiger partial charge in [-0.15, -0.1) is 0 Å². The van der Waals surface area contributed by atoms with Gasteiger partial charge in [-0.2, -0.15) is 5.26 Å². The van der Waals surface area contributed by atoms with Crippen LogP contribution in [-0.4, -0.2) is 37.4 Å². The standard InChI is InChI=1S/C11H18N2O3/c1-16-7-9(3-6-14)13-10(15)11(8-12)4-2-5-11/h9,14H,2-7H2,1H3,(H,13,15). The Labute approximate surface area is 95.4 Å². The van der Waals surface area contributed by atoms with Gasteiger partial charge in [0.15, 0.2) is 0 Å². The fourth-order valence-corrected chi connectivity index (χ4v) is 1.80. The monoisotopic (exact) mass is 226 g/mol. The highest BCUT2D eigenvalue weighted by molar-refractivity contribution is 5.86. The molecule has 0 aromatic heterocycles. The zero-order valence-corrected chi connectivity index (χ0v) is 9.53. The van der Waals surface area contributed by atoms with Gasteiger partial charge in [0.1, 0.15) is 5.41 Å². The van der Waals surface area contributed by atoms with Crippen molar-refractivity contribution in [1.29, 1.82) is 5.26 Å². The molecule has 16 heavy (non-hydrogen) atoms. The summed E-state index contributed by atoms with van der Waals surface area (Å²) in [6.45, 7) is 0.349. The average Bonchev–Trinajstić information content (AvgIpc) is 2.17. The molecular formula is C11H18N2O3. The van der Waals surface area contributed by atoms with Crippen LogP contribution in [0.5, 0.6) is 0 Å². The Morgan fingerprint density at radius 2 is 2.38 bits per heavy atom. The van der Waals surface area contributed by atoms with Gasteiger partial charge in [-0.3, -0.25) is 4.79 Å². The number of amides is 1. The van der Waals surface area contributed by atoms with Crippen molar-refractivity contribution in [3.8, 4) is 6.07 Å². The molecule has 1 aliphatic carbocycles. The number of nitrogens with zero attached hydrogens (tertiary/aromatic N) is 1. The number of rotatable bonds is 6. The van der Waals surface area contributed by atoms with Gasteiger partial charge in [-0.25, -0.2) is 0 Å². The van der Waals surface area contributed by atoms with E-state index >= 15 is 0 Å². The fraction of sp³-hybridized carbons (Fsp3) is 0.818. The van der Waals surface area contributed by atoms with Gasteiger partial charge < -0.3 is 15.2 Å². The molecule has 0 saturated heterocycles. The molecule has 1 saturated carbocycles. The lowest BCUT2D eigenvalue weighted by molar-refractivity contribution is -0.133. The molecule has 1 rings (SSSR count). The van der Waals surface area contributed by atoms with Crippen LogP contribution < -0.4 is 5.32 Å². The Bertz CT molecular complexity index is 275. The molecule has 1 unspecified atom stereocenters. The van der Waals surface area contributed by atoms with Crippen molar-refractivity contribution in [2.45, 2.75) is 31.7 Å². The van der Waals surface area contributed by atoms with Gasteiger partial charge in [0.05, 0.1) is 18.7 Å². The molecule has 0 aromatic rings. The number of methoxy groups -OCH3 is 1. The number of carbonyl (C=O) groups is 1. The summed E-state index contributed by atoms with van der Waals surface area (Å²) in [6, 6.07) is 1.87. The molecule has 0 spiro atoms. The molecule has 0 aliphatic heterocycles. The first-order valence-electron chi connectivity index (χ1n) is 5.50. The van der Waals surface area contributed by atoms with Gasteiger partial charge in [-0.05, 0) is 25.7 Å². The fourth-order valence-electron chi connectivity index (χ4n) is 1.80. The quantitative estimate of drug-likeness (QED) is 0.677. The normalized spacial score (nSPS) is 19.3. The van der Waals surface area contributed by atoms with E-state index in [0.29, 0.717) is 25.9 Å². The zero-order chi connectivity index (χ0) is 12.0. The number of hydrogen-bond donors (Lipinski definition) is 2. The second-order valence-electron chi connectivity index (χ2n) is 4.19. The first-order valence-corrected chi connectivity index (χ1v) is 5.50. The van der Waals surface area contributed by atoms with E-state index in [9.17, 15) is 4.79 Å². The van der Waals surface area contributed by atoms with Crippen molar-refractivity contribution in [2.24, 2.45) is 5.41 Å². The molecule has 0 aromatic carbocycles. The van der Waals surface area contributed by atoms with Crippen molar-refractivity contribution in [3.63, 3.8) is 0 Å². The molecule has 1 atom stereocenters. The van der Waals surface area contributed by atoms with E-state index in [0.717, 1.165) is 6.42 Å². The average molecular weight is 226 g/mol. The lowest BCUT2D eigenvalue weighted by Crippen LogP contribution is -2.49. The summed E-state index contributed by atoms with van der Waals surface area (Å²) in [5.74, 6) is -0.225. The van der Waals surface area contributed by atoms with Crippen molar-refractivity contribution in [3.05, 3.63) is 0 Å². The second-order valence-corrected chi connectivity index (χ2v) is 4.19.